The number of hydrogen-bond acceptors (Lipinski definition) is 2. The molecule has 0 unspecified atom stereocenters. The standard InChI is InChI=1S/C17H17ClFN3O/c18-13-5-7-14(8-6-13)21-9-11-22(12-10-21)17(23)20-16-4-2-1-3-15(16)19/h1-8H,9-12H2,(H,20,23). The highest BCUT2D eigenvalue weighted by Crippen LogP contribution is 2.20. The van der Waals surface area contributed by atoms with Gasteiger partial charge in [-0.15, -0.1) is 0 Å². The largest absolute Gasteiger partial charge is 0.368 e. The Labute approximate surface area is 139 Å². The van der Waals surface area contributed by atoms with Gasteiger partial charge in [-0.25, -0.2) is 9.18 Å². The first-order chi connectivity index (χ1) is 11.1. The molecule has 1 saturated heterocycles. The highest BCUT2D eigenvalue weighted by Gasteiger charge is 2.21. The predicted octanol–water partition coefficient (Wildman–Crippen LogP) is 3.83. The summed E-state index contributed by atoms with van der Waals surface area (Å²) in [7, 11) is 0. The molecular weight excluding hydrogens is 317 g/mol. The van der Waals surface area contributed by atoms with E-state index in [4.69, 9.17) is 11.6 Å². The molecule has 0 aliphatic carbocycles. The molecule has 1 heterocycles. The molecule has 3 rings (SSSR count). The second kappa shape index (κ2) is 6.87. The van der Waals surface area contributed by atoms with E-state index in [1.54, 1.807) is 23.1 Å². The summed E-state index contributed by atoms with van der Waals surface area (Å²) in [5, 5.41) is 3.32. The molecule has 0 aromatic heterocycles. The maximum Gasteiger partial charge on any atom is 0.322 e. The van der Waals surface area contributed by atoms with E-state index >= 15 is 0 Å². The number of nitrogens with zero attached hydrogens (tertiary/aromatic N) is 2. The van der Waals surface area contributed by atoms with Gasteiger partial charge in [-0.3, -0.25) is 0 Å². The number of piperazine rings is 1. The van der Waals surface area contributed by atoms with Crippen LogP contribution in [0.3, 0.4) is 0 Å². The SMILES string of the molecule is O=C(Nc1ccccc1F)N1CCN(c2ccc(Cl)cc2)CC1. The van der Waals surface area contributed by atoms with Crippen LogP contribution in [0.25, 0.3) is 0 Å². The van der Waals surface area contributed by atoms with Crippen LogP contribution in [-0.4, -0.2) is 37.1 Å². The zero-order valence-corrected chi connectivity index (χ0v) is 13.3. The molecule has 1 aliphatic heterocycles. The third-order valence-electron chi connectivity index (χ3n) is 3.87. The summed E-state index contributed by atoms with van der Waals surface area (Å²) in [6.45, 7) is 2.63. The molecule has 4 nitrogen and oxygen atoms in total. The van der Waals surface area contributed by atoms with Crippen LogP contribution in [0.5, 0.6) is 0 Å². The first kappa shape index (κ1) is 15.6. The van der Waals surface area contributed by atoms with E-state index in [0.29, 0.717) is 18.1 Å². The van der Waals surface area contributed by atoms with Crippen LogP contribution in [0.1, 0.15) is 0 Å². The molecule has 0 bridgehead atoms. The van der Waals surface area contributed by atoms with Gasteiger partial charge >= 0.3 is 6.03 Å². The molecule has 2 amide bonds. The van der Waals surface area contributed by atoms with Gasteiger partial charge in [-0.2, -0.15) is 0 Å². The van der Waals surface area contributed by atoms with E-state index in [-0.39, 0.29) is 11.7 Å². The van der Waals surface area contributed by atoms with Crippen molar-refractivity contribution in [3.63, 3.8) is 0 Å². The van der Waals surface area contributed by atoms with E-state index in [9.17, 15) is 9.18 Å². The molecule has 0 saturated carbocycles. The van der Waals surface area contributed by atoms with Crippen molar-refractivity contribution in [3.8, 4) is 0 Å². The van der Waals surface area contributed by atoms with Gasteiger partial charge in [-0.1, -0.05) is 23.7 Å². The Balaban J connectivity index is 1.57. The number of hydrogen-bond donors (Lipinski definition) is 1. The maximum atomic E-state index is 13.6. The molecule has 1 aliphatic rings. The summed E-state index contributed by atoms with van der Waals surface area (Å²) < 4.78 is 13.6. The third kappa shape index (κ3) is 3.74. The second-order valence-corrected chi connectivity index (χ2v) is 5.80. The minimum Gasteiger partial charge on any atom is -0.368 e. The number of rotatable bonds is 2. The molecule has 0 spiro atoms. The number of anilines is 2. The van der Waals surface area contributed by atoms with Gasteiger partial charge < -0.3 is 15.1 Å². The zero-order chi connectivity index (χ0) is 16.2. The highest BCUT2D eigenvalue weighted by molar-refractivity contribution is 6.30. The molecule has 1 fully saturated rings. The molecule has 2 aromatic carbocycles. The summed E-state index contributed by atoms with van der Waals surface area (Å²) >= 11 is 5.89. The highest BCUT2D eigenvalue weighted by atomic mass is 35.5. The Morgan fingerprint density at radius 1 is 1.00 bits per heavy atom. The molecule has 0 atom stereocenters. The molecular formula is C17H17ClFN3O. The average molecular weight is 334 g/mol. The Morgan fingerprint density at radius 2 is 1.65 bits per heavy atom. The number of para-hydroxylation sites is 1. The van der Waals surface area contributed by atoms with Crippen molar-refractivity contribution in [2.24, 2.45) is 0 Å². The third-order valence-corrected chi connectivity index (χ3v) is 4.13. The maximum absolute atomic E-state index is 13.6. The number of nitrogens with one attached hydrogen (secondary N) is 1. The van der Waals surface area contributed by atoms with Crippen molar-refractivity contribution < 1.29 is 9.18 Å². The van der Waals surface area contributed by atoms with Crippen LogP contribution in [-0.2, 0) is 0 Å². The van der Waals surface area contributed by atoms with E-state index in [0.717, 1.165) is 18.8 Å². The molecule has 6 heteroatoms. The lowest BCUT2D eigenvalue weighted by Crippen LogP contribution is -2.50. The van der Waals surface area contributed by atoms with Crippen molar-refractivity contribution in [1.29, 1.82) is 0 Å². The van der Waals surface area contributed by atoms with Crippen molar-refractivity contribution >= 4 is 29.0 Å². The van der Waals surface area contributed by atoms with Crippen LogP contribution in [0.4, 0.5) is 20.6 Å². The number of halogens is 2. The van der Waals surface area contributed by atoms with Crippen LogP contribution in [0.15, 0.2) is 48.5 Å². The molecule has 2 aromatic rings. The van der Waals surface area contributed by atoms with Crippen molar-refractivity contribution in [2.45, 2.75) is 0 Å². The van der Waals surface area contributed by atoms with Gasteiger partial charge in [0.25, 0.3) is 0 Å². The summed E-state index contributed by atoms with van der Waals surface area (Å²) in [5.74, 6) is -0.430. The van der Waals surface area contributed by atoms with E-state index in [1.807, 2.05) is 24.3 Å². The average Bonchev–Trinajstić information content (AvgIpc) is 2.58. The molecule has 23 heavy (non-hydrogen) atoms. The second-order valence-electron chi connectivity index (χ2n) is 5.36. The fraction of sp³-hybridized carbons (Fsp3) is 0.235. The molecule has 0 radical (unpaired) electrons. The Kier molecular flexibility index (Phi) is 4.67. The lowest BCUT2D eigenvalue weighted by atomic mass is 10.2. The summed E-state index contributed by atoms with van der Waals surface area (Å²) in [6, 6.07) is 13.5. The van der Waals surface area contributed by atoms with Gasteiger partial charge in [0.05, 0.1) is 5.69 Å². The van der Waals surface area contributed by atoms with Crippen LogP contribution in [0, 0.1) is 5.82 Å². The first-order valence-corrected chi connectivity index (χ1v) is 7.82. The number of urea groups is 1. The summed E-state index contributed by atoms with van der Waals surface area (Å²) in [5.41, 5.74) is 1.29. The summed E-state index contributed by atoms with van der Waals surface area (Å²) in [6.07, 6.45) is 0. The topological polar surface area (TPSA) is 35.6 Å². The monoisotopic (exact) mass is 333 g/mol. The number of carbonyl (C=O) groups is 1. The van der Waals surface area contributed by atoms with Crippen molar-refractivity contribution in [3.05, 3.63) is 59.4 Å². The fourth-order valence-corrected chi connectivity index (χ4v) is 2.70. The molecule has 1 N–H and O–H groups in total. The van der Waals surface area contributed by atoms with E-state index < -0.39 is 5.82 Å². The smallest absolute Gasteiger partial charge is 0.322 e. The Bertz CT molecular complexity index is 684. The Morgan fingerprint density at radius 3 is 2.30 bits per heavy atom. The normalized spacial score (nSPS) is 14.7. The van der Waals surface area contributed by atoms with Crippen LogP contribution >= 0.6 is 11.6 Å². The van der Waals surface area contributed by atoms with Crippen molar-refractivity contribution in [2.75, 3.05) is 36.4 Å². The fourth-order valence-electron chi connectivity index (χ4n) is 2.58. The van der Waals surface area contributed by atoms with Gasteiger partial charge in [-0.05, 0) is 36.4 Å². The van der Waals surface area contributed by atoms with Crippen molar-refractivity contribution in [1.82, 2.24) is 4.90 Å². The van der Waals surface area contributed by atoms with Crippen LogP contribution < -0.4 is 10.2 Å². The lowest BCUT2D eigenvalue weighted by molar-refractivity contribution is 0.208. The zero-order valence-electron chi connectivity index (χ0n) is 12.5. The number of amides is 2. The Hall–Kier alpha value is -2.27. The first-order valence-electron chi connectivity index (χ1n) is 7.44. The van der Waals surface area contributed by atoms with Gasteiger partial charge in [0, 0.05) is 36.9 Å². The van der Waals surface area contributed by atoms with E-state index in [1.165, 1.54) is 6.07 Å². The van der Waals surface area contributed by atoms with E-state index in [2.05, 4.69) is 10.2 Å². The quantitative estimate of drug-likeness (QED) is 0.906. The summed E-state index contributed by atoms with van der Waals surface area (Å²) in [4.78, 5) is 16.1. The lowest BCUT2D eigenvalue weighted by Gasteiger charge is -2.36. The molecule has 120 valence electrons. The number of benzene rings is 2. The van der Waals surface area contributed by atoms with Crippen LogP contribution in [0.2, 0.25) is 5.02 Å². The van der Waals surface area contributed by atoms with Gasteiger partial charge in [0.15, 0.2) is 0 Å². The van der Waals surface area contributed by atoms with Gasteiger partial charge in [0.1, 0.15) is 5.82 Å². The van der Waals surface area contributed by atoms with Gasteiger partial charge in [0.2, 0.25) is 0 Å². The predicted molar refractivity (Wildman–Crippen MR) is 90.7 cm³/mol. The minimum atomic E-state index is -0.430. The number of carbonyl (C=O) groups excluding carboxylic acids is 1. The minimum absolute atomic E-state index is 0.206.